The fourth-order valence-electron chi connectivity index (χ4n) is 3.08. The second kappa shape index (κ2) is 7.88. The summed E-state index contributed by atoms with van der Waals surface area (Å²) in [5.41, 5.74) is 0.0625. The normalized spacial score (nSPS) is 21.4. The van der Waals surface area contributed by atoms with Gasteiger partial charge in [-0.2, -0.15) is 0 Å². The summed E-state index contributed by atoms with van der Waals surface area (Å²) in [4.78, 5) is 30.1. The molecular weight excluding hydrogens is 316 g/mol. The molecule has 1 amide bonds. The number of carboxylic acids is 1. The van der Waals surface area contributed by atoms with E-state index in [4.69, 9.17) is 4.74 Å². The molecule has 1 aromatic rings. The molecule has 1 aromatic heterocycles. The maximum Gasteiger partial charge on any atom is 0.313 e. The van der Waals surface area contributed by atoms with Gasteiger partial charge >= 0.3 is 5.97 Å². The van der Waals surface area contributed by atoms with Crippen molar-refractivity contribution in [2.45, 2.75) is 39.0 Å². The van der Waals surface area contributed by atoms with Gasteiger partial charge in [0, 0.05) is 32.0 Å². The number of amides is 1. The number of rotatable bonds is 7. The van der Waals surface area contributed by atoms with Crippen molar-refractivity contribution < 1.29 is 19.4 Å². The highest BCUT2D eigenvalue weighted by Gasteiger charge is 2.43. The number of thiazole rings is 1. The number of carbonyl (C=O) groups excluding carboxylic acids is 1. The van der Waals surface area contributed by atoms with Crippen molar-refractivity contribution in [3.8, 4) is 0 Å². The number of carbonyl (C=O) groups is 2. The molecule has 1 atom stereocenters. The van der Waals surface area contributed by atoms with Gasteiger partial charge < -0.3 is 14.7 Å². The number of aliphatic carboxylic acids is 1. The Hall–Kier alpha value is -1.47. The summed E-state index contributed by atoms with van der Waals surface area (Å²) in [6.07, 6.45) is 3.21. The van der Waals surface area contributed by atoms with Crippen LogP contribution in [-0.4, -0.2) is 53.7 Å². The van der Waals surface area contributed by atoms with E-state index in [1.54, 1.807) is 16.2 Å². The Morgan fingerprint density at radius 2 is 2.30 bits per heavy atom. The van der Waals surface area contributed by atoms with Gasteiger partial charge in [0.1, 0.15) is 5.41 Å². The van der Waals surface area contributed by atoms with E-state index in [0.29, 0.717) is 25.8 Å². The van der Waals surface area contributed by atoms with Gasteiger partial charge in [-0.25, -0.2) is 4.98 Å². The van der Waals surface area contributed by atoms with Crippen LogP contribution in [0.2, 0.25) is 0 Å². The van der Waals surface area contributed by atoms with Crippen molar-refractivity contribution in [1.82, 2.24) is 9.88 Å². The van der Waals surface area contributed by atoms with Gasteiger partial charge in [-0.1, -0.05) is 0 Å². The van der Waals surface area contributed by atoms with Crippen LogP contribution in [0, 0.1) is 12.3 Å². The van der Waals surface area contributed by atoms with Gasteiger partial charge in [-0.05, 0) is 32.6 Å². The molecule has 0 aliphatic carbocycles. The molecule has 128 valence electrons. The average molecular weight is 340 g/mol. The van der Waals surface area contributed by atoms with E-state index in [1.807, 2.05) is 12.3 Å². The number of methoxy groups -OCH3 is 1. The third-order valence-electron chi connectivity index (χ3n) is 4.29. The van der Waals surface area contributed by atoms with Crippen LogP contribution in [-0.2, 0) is 20.7 Å². The van der Waals surface area contributed by atoms with E-state index in [9.17, 15) is 14.7 Å². The van der Waals surface area contributed by atoms with Crippen molar-refractivity contribution in [3.05, 3.63) is 16.1 Å². The van der Waals surface area contributed by atoms with Gasteiger partial charge in [0.15, 0.2) is 0 Å². The monoisotopic (exact) mass is 340 g/mol. The molecule has 0 spiro atoms. The van der Waals surface area contributed by atoms with Crippen LogP contribution >= 0.6 is 11.3 Å². The smallest absolute Gasteiger partial charge is 0.313 e. The van der Waals surface area contributed by atoms with E-state index in [2.05, 4.69) is 4.98 Å². The highest BCUT2D eigenvalue weighted by Crippen LogP contribution is 2.31. The minimum Gasteiger partial charge on any atom is -0.481 e. The third kappa shape index (κ3) is 4.51. The zero-order chi connectivity index (χ0) is 16.9. The summed E-state index contributed by atoms with van der Waals surface area (Å²) in [5.74, 6) is -0.854. The first kappa shape index (κ1) is 17.9. The van der Waals surface area contributed by atoms with Crippen molar-refractivity contribution in [3.63, 3.8) is 0 Å². The lowest BCUT2D eigenvalue weighted by Crippen LogP contribution is -2.52. The number of carboxylic acid groups (broad SMARTS) is 1. The number of hydrogen-bond acceptors (Lipinski definition) is 5. The van der Waals surface area contributed by atoms with Crippen molar-refractivity contribution >= 4 is 23.2 Å². The highest BCUT2D eigenvalue weighted by atomic mass is 32.1. The number of hydrogen-bond donors (Lipinski definition) is 1. The molecule has 1 aliphatic rings. The Morgan fingerprint density at radius 3 is 2.91 bits per heavy atom. The van der Waals surface area contributed by atoms with E-state index < -0.39 is 11.4 Å². The molecule has 1 fully saturated rings. The molecule has 1 unspecified atom stereocenters. The van der Waals surface area contributed by atoms with Crippen LogP contribution in [0.25, 0.3) is 0 Å². The lowest BCUT2D eigenvalue weighted by Gasteiger charge is -2.39. The Bertz CT molecular complexity index is 556. The lowest BCUT2D eigenvalue weighted by atomic mass is 9.80. The van der Waals surface area contributed by atoms with Crippen molar-refractivity contribution in [2.75, 3.05) is 26.8 Å². The maximum absolute atomic E-state index is 12.4. The number of aryl methyl sites for hydroxylation is 2. The number of likely N-dealkylation sites (tertiary alicyclic amines) is 1. The fourth-order valence-corrected chi connectivity index (χ4v) is 3.72. The molecular formula is C16H24N2O4S. The van der Waals surface area contributed by atoms with Crippen molar-refractivity contribution in [1.29, 1.82) is 0 Å². The summed E-state index contributed by atoms with van der Waals surface area (Å²) >= 11 is 1.61. The Morgan fingerprint density at radius 1 is 1.52 bits per heavy atom. The third-order valence-corrected chi connectivity index (χ3v) is 5.12. The quantitative estimate of drug-likeness (QED) is 0.822. The first-order valence-corrected chi connectivity index (χ1v) is 8.76. The summed E-state index contributed by atoms with van der Waals surface area (Å²) in [7, 11) is 1.50. The second-order valence-corrected chi connectivity index (χ2v) is 7.21. The first-order valence-electron chi connectivity index (χ1n) is 7.88. The van der Waals surface area contributed by atoms with Gasteiger partial charge in [0.2, 0.25) is 5.91 Å². The van der Waals surface area contributed by atoms with Crippen LogP contribution in [0.5, 0.6) is 0 Å². The van der Waals surface area contributed by atoms with E-state index in [-0.39, 0.29) is 19.1 Å². The molecule has 0 radical (unpaired) electrons. The minimum absolute atomic E-state index is 0.0263. The van der Waals surface area contributed by atoms with Crippen LogP contribution in [0.3, 0.4) is 0 Å². The topological polar surface area (TPSA) is 79.7 Å². The summed E-state index contributed by atoms with van der Waals surface area (Å²) in [5, 5.41) is 12.6. The molecule has 0 aromatic carbocycles. The lowest BCUT2D eigenvalue weighted by molar-refractivity contribution is -0.159. The van der Waals surface area contributed by atoms with Gasteiger partial charge in [0.05, 0.1) is 17.3 Å². The molecule has 6 nitrogen and oxygen atoms in total. The van der Waals surface area contributed by atoms with Crippen LogP contribution in [0.1, 0.15) is 36.4 Å². The van der Waals surface area contributed by atoms with E-state index >= 15 is 0 Å². The standard InChI is InChI=1S/C16H24N2O4S/c1-12-17-13(9-23-12)5-3-6-14(19)18-8-4-7-16(10-18,11-22-2)15(20)21/h9H,3-8,10-11H2,1-2H3,(H,20,21). The number of piperidine rings is 1. The van der Waals surface area contributed by atoms with E-state index in [0.717, 1.165) is 23.5 Å². The Kier molecular flexibility index (Phi) is 6.12. The molecule has 1 aliphatic heterocycles. The predicted octanol–water partition coefficient (Wildman–Crippen LogP) is 2.11. The Labute approximate surface area is 140 Å². The Balaban J connectivity index is 1.87. The van der Waals surface area contributed by atoms with Crippen LogP contribution in [0.15, 0.2) is 5.38 Å². The molecule has 1 saturated heterocycles. The minimum atomic E-state index is -0.964. The second-order valence-electron chi connectivity index (χ2n) is 6.15. The first-order chi connectivity index (χ1) is 11.0. The predicted molar refractivity (Wildman–Crippen MR) is 87.5 cm³/mol. The number of nitrogens with zero attached hydrogens (tertiary/aromatic N) is 2. The molecule has 0 bridgehead atoms. The molecule has 7 heteroatoms. The number of aromatic nitrogens is 1. The molecule has 0 saturated carbocycles. The SMILES string of the molecule is COCC1(C(=O)O)CCCN(C(=O)CCCc2csc(C)n2)C1. The summed E-state index contributed by atoms with van der Waals surface area (Å²) in [6.45, 7) is 2.98. The van der Waals surface area contributed by atoms with Crippen LogP contribution < -0.4 is 0 Å². The van der Waals surface area contributed by atoms with Gasteiger partial charge in [-0.3, -0.25) is 9.59 Å². The summed E-state index contributed by atoms with van der Waals surface area (Å²) in [6, 6.07) is 0. The van der Waals surface area contributed by atoms with Gasteiger partial charge in [-0.15, -0.1) is 11.3 Å². The summed E-state index contributed by atoms with van der Waals surface area (Å²) < 4.78 is 5.09. The molecule has 1 N–H and O–H groups in total. The zero-order valence-electron chi connectivity index (χ0n) is 13.7. The van der Waals surface area contributed by atoms with Crippen molar-refractivity contribution in [2.24, 2.45) is 5.41 Å². The average Bonchev–Trinajstić information content (AvgIpc) is 2.93. The number of ether oxygens (including phenoxy) is 1. The molecule has 2 heterocycles. The van der Waals surface area contributed by atoms with Crippen LogP contribution in [0.4, 0.5) is 0 Å². The van der Waals surface area contributed by atoms with E-state index in [1.165, 1.54) is 7.11 Å². The molecule has 23 heavy (non-hydrogen) atoms. The molecule has 2 rings (SSSR count). The van der Waals surface area contributed by atoms with Gasteiger partial charge in [0.25, 0.3) is 0 Å². The maximum atomic E-state index is 12.4. The zero-order valence-corrected chi connectivity index (χ0v) is 14.5. The largest absolute Gasteiger partial charge is 0.481 e. The highest BCUT2D eigenvalue weighted by molar-refractivity contribution is 7.09. The fraction of sp³-hybridized carbons (Fsp3) is 0.688.